The van der Waals surface area contributed by atoms with Gasteiger partial charge in [0.25, 0.3) is 5.91 Å². The van der Waals surface area contributed by atoms with Gasteiger partial charge in [0.15, 0.2) is 0 Å². The minimum atomic E-state index is -4.73. The Morgan fingerprint density at radius 1 is 1.05 bits per heavy atom. The van der Waals surface area contributed by atoms with E-state index in [0.717, 1.165) is 44.3 Å². The number of sulfonamides is 1. The monoisotopic (exact) mass is 584 g/mol. The van der Waals surface area contributed by atoms with Gasteiger partial charge in [-0.15, -0.1) is 13.2 Å². The molecule has 0 atom stereocenters. The summed E-state index contributed by atoms with van der Waals surface area (Å²) in [6, 6.07) is 6.04. The molecule has 0 unspecified atom stereocenters. The molecular weight excluding hydrogens is 549 g/mol. The van der Waals surface area contributed by atoms with Crippen molar-refractivity contribution in [3.8, 4) is 5.75 Å². The second-order valence-corrected chi connectivity index (χ2v) is 12.1. The number of piperidine rings is 2. The highest BCUT2D eigenvalue weighted by atomic mass is 32.2. The number of carbonyl (C=O) groups excluding carboxylic acids is 1. The van der Waals surface area contributed by atoms with Crippen molar-refractivity contribution >= 4 is 21.7 Å². The Morgan fingerprint density at radius 2 is 1.70 bits per heavy atom. The fourth-order valence-electron chi connectivity index (χ4n) is 5.30. The van der Waals surface area contributed by atoms with Crippen molar-refractivity contribution in [3.05, 3.63) is 47.4 Å². The summed E-state index contributed by atoms with van der Waals surface area (Å²) in [7, 11) is -3.20. The van der Waals surface area contributed by atoms with Crippen molar-refractivity contribution < 1.29 is 31.1 Å². The summed E-state index contributed by atoms with van der Waals surface area (Å²) in [6.45, 7) is 5.15. The maximum Gasteiger partial charge on any atom is 0.573 e. The number of anilines is 1. The minimum Gasteiger partial charge on any atom is -0.406 e. The summed E-state index contributed by atoms with van der Waals surface area (Å²) in [5.74, 6) is 0.128. The third-order valence-corrected chi connectivity index (χ3v) is 8.09. The number of rotatable bonds is 9. The van der Waals surface area contributed by atoms with Crippen LogP contribution in [0.2, 0.25) is 0 Å². The maximum atomic E-state index is 13.3. The lowest BCUT2D eigenvalue weighted by Gasteiger charge is -2.41. The Morgan fingerprint density at radius 3 is 2.30 bits per heavy atom. The van der Waals surface area contributed by atoms with Crippen LogP contribution >= 0.6 is 0 Å². The summed E-state index contributed by atoms with van der Waals surface area (Å²) in [6.07, 6.45) is 1.60. The molecule has 3 heterocycles. The van der Waals surface area contributed by atoms with E-state index in [-0.39, 0.29) is 17.7 Å². The molecule has 1 amide bonds. The van der Waals surface area contributed by atoms with E-state index < -0.39 is 16.4 Å². The van der Waals surface area contributed by atoms with Crippen LogP contribution in [0.3, 0.4) is 0 Å². The smallest absolute Gasteiger partial charge is 0.406 e. The lowest BCUT2D eigenvalue weighted by atomic mass is 9.98. The SMILES string of the molecule is Cc1c(NCCc2ccc(OC(F)(F)F)cc2)ncnc1C(=O)N1CCC(N2CCC(NS(C)(=O)=O)CC2)CC1. The number of nitrogens with zero attached hydrogens (tertiary/aromatic N) is 4. The van der Waals surface area contributed by atoms with Gasteiger partial charge in [0.1, 0.15) is 23.6 Å². The van der Waals surface area contributed by atoms with Crippen molar-refractivity contribution in [2.45, 2.75) is 57.5 Å². The van der Waals surface area contributed by atoms with E-state index in [9.17, 15) is 26.4 Å². The molecule has 4 rings (SSSR count). The number of ether oxygens (including phenoxy) is 1. The van der Waals surface area contributed by atoms with Gasteiger partial charge in [-0.05, 0) is 69.8 Å². The Kier molecular flexibility index (Phi) is 9.52. The predicted octanol–water partition coefficient (Wildman–Crippen LogP) is 2.96. The van der Waals surface area contributed by atoms with Crippen LogP contribution in [0.15, 0.2) is 30.6 Å². The number of alkyl halides is 3. The number of likely N-dealkylation sites (tertiary alicyclic amines) is 2. The number of halogens is 3. The van der Waals surface area contributed by atoms with E-state index in [2.05, 4.69) is 29.6 Å². The molecule has 2 saturated heterocycles. The fraction of sp³-hybridized carbons (Fsp3) is 0.577. The molecule has 2 aliphatic heterocycles. The van der Waals surface area contributed by atoms with Gasteiger partial charge in [0.2, 0.25) is 10.0 Å². The van der Waals surface area contributed by atoms with E-state index in [4.69, 9.17) is 0 Å². The van der Waals surface area contributed by atoms with Crippen molar-refractivity contribution in [2.75, 3.05) is 44.3 Å². The highest BCUT2D eigenvalue weighted by molar-refractivity contribution is 7.88. The van der Waals surface area contributed by atoms with Crippen LogP contribution in [0.25, 0.3) is 0 Å². The number of hydrogen-bond acceptors (Lipinski definition) is 8. The molecule has 2 aliphatic rings. The first-order valence-corrected chi connectivity index (χ1v) is 15.2. The molecule has 1 aromatic carbocycles. The number of nitrogens with one attached hydrogen (secondary N) is 2. The molecule has 220 valence electrons. The van der Waals surface area contributed by atoms with E-state index in [0.29, 0.717) is 49.2 Å². The van der Waals surface area contributed by atoms with Crippen molar-refractivity contribution in [2.24, 2.45) is 0 Å². The summed E-state index contributed by atoms with van der Waals surface area (Å²) in [5, 5.41) is 3.20. The van der Waals surface area contributed by atoms with Crippen LogP contribution in [0.4, 0.5) is 19.0 Å². The Hall–Kier alpha value is -2.97. The lowest BCUT2D eigenvalue weighted by Crippen LogP contribution is -2.51. The second kappa shape index (κ2) is 12.7. The highest BCUT2D eigenvalue weighted by Gasteiger charge is 2.32. The van der Waals surface area contributed by atoms with Gasteiger partial charge in [-0.3, -0.25) is 4.79 Å². The number of carbonyl (C=O) groups is 1. The standard InChI is InChI=1S/C26H35F3N6O4S/c1-18-23(31-17-32-24(18)30-12-7-19-3-5-22(6-4-19)39-26(27,28)29)25(36)35-15-10-21(11-16-35)34-13-8-20(9-14-34)33-40(2,37)38/h3-6,17,20-21,33H,7-16H2,1-2H3,(H,30,31,32). The van der Waals surface area contributed by atoms with E-state index >= 15 is 0 Å². The predicted molar refractivity (Wildman–Crippen MR) is 144 cm³/mol. The van der Waals surface area contributed by atoms with Crippen LogP contribution in [0.5, 0.6) is 5.75 Å². The number of hydrogen-bond donors (Lipinski definition) is 2. The number of aromatic nitrogens is 2. The molecule has 0 bridgehead atoms. The molecule has 0 radical (unpaired) electrons. The molecule has 1 aromatic heterocycles. The Balaban J connectivity index is 1.25. The molecule has 40 heavy (non-hydrogen) atoms. The first-order valence-electron chi connectivity index (χ1n) is 13.3. The summed E-state index contributed by atoms with van der Waals surface area (Å²) in [4.78, 5) is 26.0. The quantitative estimate of drug-likeness (QED) is 0.462. The maximum absolute atomic E-state index is 13.3. The largest absolute Gasteiger partial charge is 0.573 e. The van der Waals surface area contributed by atoms with E-state index in [1.54, 1.807) is 19.1 Å². The van der Waals surface area contributed by atoms with Crippen LogP contribution < -0.4 is 14.8 Å². The molecule has 0 aliphatic carbocycles. The molecule has 0 spiro atoms. The number of amides is 1. The topological polar surface area (TPSA) is 117 Å². The zero-order chi connectivity index (χ0) is 28.9. The van der Waals surface area contributed by atoms with Crippen LogP contribution in [-0.2, 0) is 16.4 Å². The average molecular weight is 585 g/mol. The van der Waals surface area contributed by atoms with Crippen molar-refractivity contribution in [3.63, 3.8) is 0 Å². The summed E-state index contributed by atoms with van der Waals surface area (Å²) in [5.41, 5.74) is 1.81. The average Bonchev–Trinajstić information content (AvgIpc) is 2.89. The van der Waals surface area contributed by atoms with Gasteiger partial charge in [0, 0.05) is 37.3 Å². The molecular formula is C26H35F3N6O4S. The molecule has 2 N–H and O–H groups in total. The zero-order valence-electron chi connectivity index (χ0n) is 22.6. The Bertz CT molecular complexity index is 1260. The summed E-state index contributed by atoms with van der Waals surface area (Å²) < 4.78 is 66.6. The van der Waals surface area contributed by atoms with Crippen LogP contribution in [0.1, 0.15) is 47.3 Å². The molecule has 14 heteroatoms. The van der Waals surface area contributed by atoms with Crippen molar-refractivity contribution in [1.82, 2.24) is 24.5 Å². The zero-order valence-corrected chi connectivity index (χ0v) is 23.4. The van der Waals surface area contributed by atoms with E-state index in [1.807, 2.05) is 4.90 Å². The highest BCUT2D eigenvalue weighted by Crippen LogP contribution is 2.25. The first-order chi connectivity index (χ1) is 18.9. The molecule has 0 saturated carbocycles. The van der Waals surface area contributed by atoms with Crippen molar-refractivity contribution in [1.29, 1.82) is 0 Å². The summed E-state index contributed by atoms with van der Waals surface area (Å²) >= 11 is 0. The first kappa shape index (κ1) is 30.0. The normalized spacial score (nSPS) is 18.1. The van der Waals surface area contributed by atoms with E-state index in [1.165, 1.54) is 24.7 Å². The lowest BCUT2D eigenvalue weighted by molar-refractivity contribution is -0.274. The minimum absolute atomic E-state index is 0.0186. The molecule has 2 aromatic rings. The van der Waals surface area contributed by atoms with Gasteiger partial charge in [-0.25, -0.2) is 23.1 Å². The van der Waals surface area contributed by atoms with Gasteiger partial charge in [0.05, 0.1) is 6.26 Å². The third kappa shape index (κ3) is 8.51. The van der Waals surface area contributed by atoms with Gasteiger partial charge in [-0.1, -0.05) is 12.1 Å². The molecule has 10 nitrogen and oxygen atoms in total. The fourth-order valence-corrected chi connectivity index (χ4v) is 6.14. The number of benzene rings is 1. The van der Waals surface area contributed by atoms with Gasteiger partial charge in [-0.2, -0.15) is 0 Å². The van der Waals surface area contributed by atoms with Gasteiger partial charge >= 0.3 is 6.36 Å². The molecule has 2 fully saturated rings. The van der Waals surface area contributed by atoms with Crippen LogP contribution in [0, 0.1) is 6.92 Å². The third-order valence-electron chi connectivity index (χ3n) is 7.33. The van der Waals surface area contributed by atoms with Gasteiger partial charge < -0.3 is 19.9 Å². The second-order valence-electron chi connectivity index (χ2n) is 10.3. The van der Waals surface area contributed by atoms with Crippen LogP contribution in [-0.4, -0.2) is 91.5 Å². The Labute approximate surface area is 232 Å².